The van der Waals surface area contributed by atoms with E-state index >= 15 is 0 Å². The highest BCUT2D eigenvalue weighted by molar-refractivity contribution is 7.53. The van der Waals surface area contributed by atoms with Gasteiger partial charge in [-0.1, -0.05) is 6.42 Å². The minimum Gasteiger partial charge on any atom is -0.481 e. The smallest absolute Gasteiger partial charge is 0.340 e. The number of rotatable bonds is 8. The number of aliphatic carboxylic acids is 2. The van der Waals surface area contributed by atoms with Crippen LogP contribution in [0.3, 0.4) is 0 Å². The quantitative estimate of drug-likeness (QED) is 0.290. The summed E-state index contributed by atoms with van der Waals surface area (Å²) in [7, 11) is -5.00. The normalized spacial score (nSPS) is 15.2. The molecule has 0 aliphatic carbocycles. The zero-order valence-electron chi connectivity index (χ0n) is 9.02. The van der Waals surface area contributed by atoms with Gasteiger partial charge in [0.05, 0.1) is 5.92 Å². The lowest BCUT2D eigenvalue weighted by atomic mass is 9.98. The monoisotopic (exact) mass is 269 g/mol. The molecule has 0 saturated carbocycles. The van der Waals surface area contributed by atoms with Crippen LogP contribution in [0, 0.1) is 5.92 Å². The molecule has 2 unspecified atom stereocenters. The molecule has 0 bridgehead atoms. The van der Waals surface area contributed by atoms with Crippen LogP contribution in [0.25, 0.3) is 0 Å². The summed E-state index contributed by atoms with van der Waals surface area (Å²) in [6, 6.07) is 0. The van der Waals surface area contributed by atoms with Crippen molar-refractivity contribution in [3.63, 3.8) is 0 Å². The fraction of sp³-hybridized carbons (Fsp3) is 0.750. The maximum atomic E-state index is 11.0. The van der Waals surface area contributed by atoms with Crippen molar-refractivity contribution in [3.05, 3.63) is 0 Å². The molecule has 6 N–H and O–H groups in total. The molecule has 0 heterocycles. The van der Waals surface area contributed by atoms with Crippen molar-refractivity contribution in [2.24, 2.45) is 11.7 Å². The van der Waals surface area contributed by atoms with E-state index < -0.39 is 31.1 Å². The summed E-state index contributed by atoms with van der Waals surface area (Å²) in [6.45, 7) is 0.306. The molecule has 17 heavy (non-hydrogen) atoms. The first-order valence-electron chi connectivity index (χ1n) is 4.92. The van der Waals surface area contributed by atoms with Crippen LogP contribution in [0.1, 0.15) is 19.3 Å². The molecule has 0 fully saturated rings. The van der Waals surface area contributed by atoms with Gasteiger partial charge < -0.3 is 25.7 Å². The van der Waals surface area contributed by atoms with Gasteiger partial charge in [-0.05, 0) is 19.4 Å². The Morgan fingerprint density at radius 1 is 1.12 bits per heavy atom. The van der Waals surface area contributed by atoms with Crippen LogP contribution in [0.4, 0.5) is 0 Å². The molecule has 8 nitrogen and oxygen atoms in total. The number of nitrogens with two attached hydrogens (primary N) is 1. The van der Waals surface area contributed by atoms with Crippen LogP contribution in [0.5, 0.6) is 0 Å². The summed E-state index contributed by atoms with van der Waals surface area (Å²) in [6.07, 6.45) is 0.642. The zero-order valence-corrected chi connectivity index (χ0v) is 9.92. The Morgan fingerprint density at radius 3 is 1.94 bits per heavy atom. The van der Waals surface area contributed by atoms with Gasteiger partial charge in [-0.15, -0.1) is 0 Å². The highest BCUT2D eigenvalue weighted by Crippen LogP contribution is 2.46. The van der Waals surface area contributed by atoms with E-state index in [0.717, 1.165) is 0 Å². The third-order valence-electron chi connectivity index (χ3n) is 2.28. The standard InChI is InChI=1S/C8H16NO7P/c9-4-2-1-3-5(7(10)11)6(8(12)13)17(14,15)16/h5-6H,1-4,9H2,(H,10,11)(H,12,13)(H2,14,15,16). The summed E-state index contributed by atoms with van der Waals surface area (Å²) < 4.78 is 11.0. The van der Waals surface area contributed by atoms with Crippen molar-refractivity contribution in [3.8, 4) is 0 Å². The largest absolute Gasteiger partial charge is 0.481 e. The fourth-order valence-corrected chi connectivity index (χ4v) is 2.51. The summed E-state index contributed by atoms with van der Waals surface area (Å²) >= 11 is 0. The average molecular weight is 269 g/mol. The molecule has 0 aromatic rings. The van der Waals surface area contributed by atoms with E-state index in [-0.39, 0.29) is 6.42 Å². The van der Waals surface area contributed by atoms with Gasteiger partial charge in [-0.25, -0.2) is 0 Å². The molecule has 9 heteroatoms. The summed E-state index contributed by atoms with van der Waals surface area (Å²) in [4.78, 5) is 39.3. The Balaban J connectivity index is 4.92. The van der Waals surface area contributed by atoms with Gasteiger partial charge in [0.25, 0.3) is 0 Å². The van der Waals surface area contributed by atoms with Gasteiger partial charge in [0.1, 0.15) is 0 Å². The van der Waals surface area contributed by atoms with E-state index in [1.807, 2.05) is 0 Å². The lowest BCUT2D eigenvalue weighted by Crippen LogP contribution is -2.35. The van der Waals surface area contributed by atoms with Crippen LogP contribution in [-0.2, 0) is 14.2 Å². The van der Waals surface area contributed by atoms with Crippen LogP contribution in [0.15, 0.2) is 0 Å². The number of carboxylic acids is 2. The van der Waals surface area contributed by atoms with Gasteiger partial charge in [0, 0.05) is 0 Å². The minimum atomic E-state index is -5.00. The predicted octanol–water partition coefficient (Wildman–Crippen LogP) is -0.553. The number of unbranched alkanes of at least 4 members (excludes halogenated alkanes) is 1. The second kappa shape index (κ2) is 6.70. The lowest BCUT2D eigenvalue weighted by molar-refractivity contribution is -0.148. The summed E-state index contributed by atoms with van der Waals surface area (Å²) in [5.74, 6) is -4.95. The molecule has 2 atom stereocenters. The van der Waals surface area contributed by atoms with Crippen molar-refractivity contribution < 1.29 is 34.2 Å². The molecule has 0 radical (unpaired) electrons. The lowest BCUT2D eigenvalue weighted by Gasteiger charge is -2.20. The third-order valence-corrected chi connectivity index (χ3v) is 3.59. The van der Waals surface area contributed by atoms with E-state index in [1.54, 1.807) is 0 Å². The molecular weight excluding hydrogens is 253 g/mol. The molecule has 0 amide bonds. The van der Waals surface area contributed by atoms with Gasteiger partial charge in [0.2, 0.25) is 0 Å². The average Bonchev–Trinajstić information content (AvgIpc) is 2.13. The van der Waals surface area contributed by atoms with Crippen molar-refractivity contribution in [1.29, 1.82) is 0 Å². The van der Waals surface area contributed by atoms with Crippen molar-refractivity contribution in [2.45, 2.75) is 24.9 Å². The Kier molecular flexibility index (Phi) is 6.33. The van der Waals surface area contributed by atoms with Gasteiger partial charge in [-0.2, -0.15) is 0 Å². The maximum Gasteiger partial charge on any atom is 0.340 e. The van der Waals surface area contributed by atoms with Gasteiger partial charge in [-0.3, -0.25) is 14.2 Å². The second-order valence-corrected chi connectivity index (χ2v) is 5.34. The number of hydrogen-bond donors (Lipinski definition) is 5. The first-order chi connectivity index (χ1) is 7.71. The Bertz CT molecular complexity index is 326. The minimum absolute atomic E-state index is 0.130. The first-order valence-corrected chi connectivity index (χ1v) is 6.60. The van der Waals surface area contributed by atoms with Gasteiger partial charge in [0.15, 0.2) is 5.66 Å². The Morgan fingerprint density at radius 2 is 1.65 bits per heavy atom. The molecule has 0 spiro atoms. The van der Waals surface area contributed by atoms with Crippen LogP contribution in [0.2, 0.25) is 0 Å². The highest BCUT2D eigenvalue weighted by Gasteiger charge is 2.45. The fourth-order valence-electron chi connectivity index (χ4n) is 1.48. The Labute approximate surface area is 97.6 Å². The van der Waals surface area contributed by atoms with E-state index in [1.165, 1.54) is 0 Å². The van der Waals surface area contributed by atoms with Crippen LogP contribution < -0.4 is 5.73 Å². The Hall–Kier alpha value is -0.950. The molecule has 0 aliphatic heterocycles. The van der Waals surface area contributed by atoms with E-state index in [2.05, 4.69) is 0 Å². The summed E-state index contributed by atoms with van der Waals surface area (Å²) in [5.41, 5.74) is 2.98. The topological polar surface area (TPSA) is 158 Å². The van der Waals surface area contributed by atoms with E-state index in [4.69, 9.17) is 25.7 Å². The van der Waals surface area contributed by atoms with Crippen LogP contribution >= 0.6 is 7.60 Å². The molecule has 100 valence electrons. The highest BCUT2D eigenvalue weighted by atomic mass is 31.2. The second-order valence-electron chi connectivity index (χ2n) is 3.60. The SMILES string of the molecule is NCCCCC(C(=O)O)C(C(=O)O)P(=O)(O)O. The van der Waals surface area contributed by atoms with E-state index in [0.29, 0.717) is 19.4 Å². The molecule has 0 aromatic heterocycles. The third kappa shape index (κ3) is 5.27. The molecule has 0 aliphatic rings. The summed E-state index contributed by atoms with van der Waals surface area (Å²) in [5, 5.41) is 17.5. The maximum absolute atomic E-state index is 11.0. The molecular formula is C8H16NO7P. The molecule has 0 saturated heterocycles. The number of carboxylic acid groups (broad SMARTS) is 2. The molecule has 0 aromatic carbocycles. The van der Waals surface area contributed by atoms with Gasteiger partial charge >= 0.3 is 19.5 Å². The van der Waals surface area contributed by atoms with Crippen molar-refractivity contribution >= 4 is 19.5 Å². The van der Waals surface area contributed by atoms with E-state index in [9.17, 15) is 14.2 Å². The number of hydrogen-bond acceptors (Lipinski definition) is 4. The predicted molar refractivity (Wildman–Crippen MR) is 57.5 cm³/mol. The van der Waals surface area contributed by atoms with Crippen molar-refractivity contribution in [2.75, 3.05) is 6.54 Å². The van der Waals surface area contributed by atoms with Crippen LogP contribution in [-0.4, -0.2) is 44.1 Å². The first kappa shape index (κ1) is 16.1. The van der Waals surface area contributed by atoms with Crippen molar-refractivity contribution in [1.82, 2.24) is 0 Å². The molecule has 0 rings (SSSR count). The zero-order chi connectivity index (χ0) is 13.6. The number of carbonyl (C=O) groups is 2.